The maximum absolute atomic E-state index is 11.1. The van der Waals surface area contributed by atoms with Crippen molar-refractivity contribution in [2.45, 2.75) is 57.7 Å². The van der Waals surface area contributed by atoms with Gasteiger partial charge in [0.25, 0.3) is 0 Å². The van der Waals surface area contributed by atoms with Gasteiger partial charge in [0.15, 0.2) is 0 Å². The van der Waals surface area contributed by atoms with Crippen LogP contribution in [0, 0.1) is 0 Å². The lowest BCUT2D eigenvalue weighted by molar-refractivity contribution is -0.114. The molecule has 0 heterocycles. The predicted octanol–water partition coefficient (Wildman–Crippen LogP) is 2.60. The molecule has 0 aliphatic heterocycles. The molecule has 4 heteroatoms. The van der Waals surface area contributed by atoms with Crippen molar-refractivity contribution < 1.29 is 9.90 Å². The Balaban J connectivity index is 1.97. The highest BCUT2D eigenvalue weighted by Gasteiger charge is 2.21. The van der Waals surface area contributed by atoms with E-state index in [2.05, 4.69) is 23.6 Å². The molecule has 0 aromatic heterocycles. The Hall–Kier alpha value is -1.39. The standard InChI is InChI=1S/C16H24N2O2/c1-11(17-15-7-4-8-16(20)10-15)13-5-3-6-14(9-13)18-12(2)19/h3,5-6,9,11,15-17,20H,4,7-8,10H2,1-2H3,(H,18,19). The monoisotopic (exact) mass is 276 g/mol. The van der Waals surface area contributed by atoms with Crippen LogP contribution in [0.2, 0.25) is 0 Å². The van der Waals surface area contributed by atoms with Crippen molar-refractivity contribution >= 4 is 11.6 Å². The van der Waals surface area contributed by atoms with Crippen molar-refractivity contribution in [3.8, 4) is 0 Å². The smallest absolute Gasteiger partial charge is 0.221 e. The van der Waals surface area contributed by atoms with E-state index < -0.39 is 0 Å². The summed E-state index contributed by atoms with van der Waals surface area (Å²) in [6.45, 7) is 3.63. The second-order valence-electron chi connectivity index (χ2n) is 5.71. The van der Waals surface area contributed by atoms with Crippen molar-refractivity contribution in [2.24, 2.45) is 0 Å². The van der Waals surface area contributed by atoms with Crippen molar-refractivity contribution in [1.29, 1.82) is 0 Å². The summed E-state index contributed by atoms with van der Waals surface area (Å²) in [6.07, 6.45) is 3.78. The molecule has 110 valence electrons. The van der Waals surface area contributed by atoms with Gasteiger partial charge in [0.1, 0.15) is 0 Å². The van der Waals surface area contributed by atoms with E-state index >= 15 is 0 Å². The van der Waals surface area contributed by atoms with Crippen LogP contribution in [0.4, 0.5) is 5.69 Å². The highest BCUT2D eigenvalue weighted by atomic mass is 16.3. The zero-order valence-corrected chi connectivity index (χ0v) is 12.2. The minimum absolute atomic E-state index is 0.0573. The van der Waals surface area contributed by atoms with E-state index in [-0.39, 0.29) is 18.1 Å². The Morgan fingerprint density at radius 1 is 1.40 bits per heavy atom. The third kappa shape index (κ3) is 4.32. The molecule has 1 fully saturated rings. The minimum Gasteiger partial charge on any atom is -0.393 e. The zero-order valence-electron chi connectivity index (χ0n) is 12.2. The molecule has 1 aromatic carbocycles. The number of hydrogen-bond acceptors (Lipinski definition) is 3. The lowest BCUT2D eigenvalue weighted by Gasteiger charge is -2.29. The van der Waals surface area contributed by atoms with E-state index in [1.54, 1.807) is 0 Å². The second kappa shape index (κ2) is 6.86. The topological polar surface area (TPSA) is 61.4 Å². The van der Waals surface area contributed by atoms with E-state index in [0.717, 1.165) is 36.9 Å². The molecule has 0 bridgehead atoms. The molecule has 0 saturated heterocycles. The van der Waals surface area contributed by atoms with Crippen LogP contribution in [-0.2, 0) is 4.79 Å². The summed E-state index contributed by atoms with van der Waals surface area (Å²) in [5, 5.41) is 16.1. The van der Waals surface area contributed by atoms with Crippen LogP contribution < -0.4 is 10.6 Å². The van der Waals surface area contributed by atoms with Crippen LogP contribution >= 0.6 is 0 Å². The quantitative estimate of drug-likeness (QED) is 0.792. The maximum atomic E-state index is 11.1. The molecule has 3 N–H and O–H groups in total. The van der Waals surface area contributed by atoms with Gasteiger partial charge in [0.05, 0.1) is 6.10 Å². The number of nitrogens with one attached hydrogen (secondary N) is 2. The molecule has 1 aliphatic rings. The first kappa shape index (κ1) is 15.0. The van der Waals surface area contributed by atoms with Crippen LogP contribution in [0.1, 0.15) is 51.1 Å². The van der Waals surface area contributed by atoms with E-state index in [0.29, 0.717) is 6.04 Å². The molecule has 3 unspecified atom stereocenters. The van der Waals surface area contributed by atoms with E-state index in [1.165, 1.54) is 6.92 Å². The molecule has 1 amide bonds. The average Bonchev–Trinajstić information content (AvgIpc) is 2.38. The minimum atomic E-state index is -0.167. The zero-order chi connectivity index (χ0) is 14.5. The predicted molar refractivity (Wildman–Crippen MR) is 80.6 cm³/mol. The summed E-state index contributed by atoms with van der Waals surface area (Å²) < 4.78 is 0. The normalized spacial score (nSPS) is 24.1. The van der Waals surface area contributed by atoms with E-state index in [1.807, 2.05) is 18.2 Å². The van der Waals surface area contributed by atoms with Crippen molar-refractivity contribution in [1.82, 2.24) is 5.32 Å². The first-order valence-corrected chi connectivity index (χ1v) is 7.36. The number of aliphatic hydroxyl groups is 1. The fourth-order valence-electron chi connectivity index (χ4n) is 2.85. The number of rotatable bonds is 4. The molecule has 0 spiro atoms. The van der Waals surface area contributed by atoms with Crippen LogP contribution in [-0.4, -0.2) is 23.2 Å². The Labute approximate surface area is 120 Å². The van der Waals surface area contributed by atoms with Gasteiger partial charge in [-0.1, -0.05) is 12.1 Å². The molecule has 1 saturated carbocycles. The van der Waals surface area contributed by atoms with Crippen molar-refractivity contribution in [2.75, 3.05) is 5.32 Å². The van der Waals surface area contributed by atoms with Gasteiger partial charge < -0.3 is 15.7 Å². The van der Waals surface area contributed by atoms with Crippen molar-refractivity contribution in [3.63, 3.8) is 0 Å². The van der Waals surface area contributed by atoms with Crippen LogP contribution in [0.25, 0.3) is 0 Å². The van der Waals surface area contributed by atoms with Gasteiger partial charge in [-0.3, -0.25) is 4.79 Å². The highest BCUT2D eigenvalue weighted by Crippen LogP contribution is 2.23. The molecule has 1 aromatic rings. The average molecular weight is 276 g/mol. The summed E-state index contributed by atoms with van der Waals surface area (Å²) in [4.78, 5) is 11.1. The SMILES string of the molecule is CC(=O)Nc1cccc(C(C)NC2CCCC(O)C2)c1. The summed E-state index contributed by atoms with van der Waals surface area (Å²) in [7, 11) is 0. The van der Waals surface area contributed by atoms with Gasteiger partial charge in [-0.05, 0) is 50.3 Å². The molecule has 0 radical (unpaired) electrons. The third-order valence-electron chi connectivity index (χ3n) is 3.84. The summed E-state index contributed by atoms with van der Waals surface area (Å²) >= 11 is 0. The molecule has 20 heavy (non-hydrogen) atoms. The number of hydrogen-bond donors (Lipinski definition) is 3. The van der Waals surface area contributed by atoms with Crippen LogP contribution in [0.3, 0.4) is 0 Å². The summed E-state index contributed by atoms with van der Waals surface area (Å²) in [5.74, 6) is -0.0573. The van der Waals surface area contributed by atoms with Gasteiger partial charge in [-0.2, -0.15) is 0 Å². The number of carbonyl (C=O) groups excluding carboxylic acids is 1. The van der Waals surface area contributed by atoms with Crippen molar-refractivity contribution in [3.05, 3.63) is 29.8 Å². The molecule has 4 nitrogen and oxygen atoms in total. The van der Waals surface area contributed by atoms with Crippen LogP contribution in [0.5, 0.6) is 0 Å². The molecule has 2 rings (SSSR count). The maximum Gasteiger partial charge on any atom is 0.221 e. The van der Waals surface area contributed by atoms with E-state index in [9.17, 15) is 9.90 Å². The Morgan fingerprint density at radius 2 is 2.20 bits per heavy atom. The number of anilines is 1. The Morgan fingerprint density at radius 3 is 2.90 bits per heavy atom. The summed E-state index contributed by atoms with van der Waals surface area (Å²) in [6, 6.07) is 8.48. The Bertz CT molecular complexity index is 462. The van der Waals surface area contributed by atoms with Gasteiger partial charge in [0, 0.05) is 24.7 Å². The largest absolute Gasteiger partial charge is 0.393 e. The number of aliphatic hydroxyl groups excluding tert-OH is 1. The third-order valence-corrected chi connectivity index (χ3v) is 3.84. The van der Waals surface area contributed by atoms with Gasteiger partial charge in [-0.25, -0.2) is 0 Å². The van der Waals surface area contributed by atoms with Crippen LogP contribution in [0.15, 0.2) is 24.3 Å². The fraction of sp³-hybridized carbons (Fsp3) is 0.562. The van der Waals surface area contributed by atoms with E-state index in [4.69, 9.17) is 0 Å². The number of carbonyl (C=O) groups is 1. The lowest BCUT2D eigenvalue weighted by atomic mass is 9.92. The molecule has 3 atom stereocenters. The second-order valence-corrected chi connectivity index (χ2v) is 5.71. The Kier molecular flexibility index (Phi) is 5.15. The van der Waals surface area contributed by atoms with Gasteiger partial charge >= 0.3 is 0 Å². The lowest BCUT2D eigenvalue weighted by Crippen LogP contribution is -2.37. The summed E-state index contributed by atoms with van der Waals surface area (Å²) in [5.41, 5.74) is 1.98. The first-order chi connectivity index (χ1) is 9.54. The first-order valence-electron chi connectivity index (χ1n) is 7.36. The number of benzene rings is 1. The molecular weight excluding hydrogens is 252 g/mol. The number of amides is 1. The molecule has 1 aliphatic carbocycles. The fourth-order valence-corrected chi connectivity index (χ4v) is 2.85. The van der Waals surface area contributed by atoms with Gasteiger partial charge in [0.2, 0.25) is 5.91 Å². The van der Waals surface area contributed by atoms with Gasteiger partial charge in [-0.15, -0.1) is 0 Å². The highest BCUT2D eigenvalue weighted by molar-refractivity contribution is 5.88. The molecular formula is C16H24N2O2.